The Morgan fingerprint density at radius 3 is 2.17 bits per heavy atom. The van der Waals surface area contributed by atoms with Crippen molar-refractivity contribution >= 4 is 7.82 Å². The number of nitrogens with zero attached hydrogens (tertiary/aromatic N) is 1. The van der Waals surface area contributed by atoms with Crippen LogP contribution in [-0.4, -0.2) is 63.0 Å². The third-order valence-corrected chi connectivity index (χ3v) is 4.89. The van der Waals surface area contributed by atoms with Gasteiger partial charge in [0.1, 0.15) is 25.0 Å². The van der Waals surface area contributed by atoms with E-state index in [4.69, 9.17) is 18.5 Å². The quantitative estimate of drug-likeness (QED) is 0.392. The second-order valence-electron chi connectivity index (χ2n) is 7.67. The molecule has 1 N–H and O–H groups in total. The average molecular weight is 424 g/mol. The third kappa shape index (κ3) is 10.6. The summed E-state index contributed by atoms with van der Waals surface area (Å²) in [7, 11) is 1.74. The van der Waals surface area contributed by atoms with Crippen LogP contribution < -0.4 is 4.74 Å². The van der Waals surface area contributed by atoms with Crippen LogP contribution in [0.25, 0.3) is 0 Å². The van der Waals surface area contributed by atoms with Crippen LogP contribution in [0.5, 0.6) is 5.75 Å². The summed E-state index contributed by atoms with van der Waals surface area (Å²) in [6.07, 6.45) is -0.566. The number of hydrogen-bond acceptors (Lipinski definition) is 5. The predicted molar refractivity (Wildman–Crippen MR) is 112 cm³/mol. The SMILES string of the molecule is C[N+](C)(C)CCOP(=O)(O)OCC(COCc1ccccc1)Oc1ccccc1. The van der Waals surface area contributed by atoms with Crippen LogP contribution in [0.1, 0.15) is 5.56 Å². The number of rotatable bonds is 13. The molecule has 0 saturated heterocycles. The second-order valence-corrected chi connectivity index (χ2v) is 9.12. The Kier molecular flexibility index (Phi) is 9.30. The van der Waals surface area contributed by atoms with Gasteiger partial charge in [0.15, 0.2) is 0 Å². The zero-order valence-electron chi connectivity index (χ0n) is 17.3. The topological polar surface area (TPSA) is 74.2 Å². The van der Waals surface area contributed by atoms with Gasteiger partial charge < -0.3 is 18.9 Å². The standard InChI is InChI=1S/C21H30NO6P/c1-22(2,3)14-15-26-29(23,24)27-18-21(28-20-12-8-5-9-13-20)17-25-16-19-10-6-4-7-11-19/h4-13,21H,14-18H2,1-3H3/p+1. The normalized spacial score (nSPS) is 14.9. The van der Waals surface area contributed by atoms with E-state index in [9.17, 15) is 9.46 Å². The van der Waals surface area contributed by atoms with Crippen molar-refractivity contribution in [2.24, 2.45) is 0 Å². The summed E-state index contributed by atoms with van der Waals surface area (Å²) in [5.74, 6) is 0.628. The molecule has 2 rings (SSSR count). The van der Waals surface area contributed by atoms with Crippen LogP contribution >= 0.6 is 7.82 Å². The van der Waals surface area contributed by atoms with Gasteiger partial charge in [-0.1, -0.05) is 48.5 Å². The minimum atomic E-state index is -4.17. The number of quaternary nitrogens is 1. The lowest BCUT2D eigenvalue weighted by molar-refractivity contribution is -0.870. The summed E-state index contributed by atoms with van der Waals surface area (Å²) in [6, 6.07) is 18.9. The summed E-state index contributed by atoms with van der Waals surface area (Å²) >= 11 is 0. The molecule has 0 aliphatic carbocycles. The maximum Gasteiger partial charge on any atom is 0.472 e. The largest absolute Gasteiger partial charge is 0.486 e. The fourth-order valence-electron chi connectivity index (χ4n) is 2.33. The molecule has 2 unspecified atom stereocenters. The Morgan fingerprint density at radius 1 is 0.931 bits per heavy atom. The van der Waals surface area contributed by atoms with Crippen LogP contribution in [0.3, 0.4) is 0 Å². The minimum Gasteiger partial charge on any atom is -0.486 e. The molecule has 160 valence electrons. The first kappa shape index (κ1) is 23.5. The molecule has 0 fully saturated rings. The van der Waals surface area contributed by atoms with Crippen LogP contribution in [0.15, 0.2) is 60.7 Å². The summed E-state index contributed by atoms with van der Waals surface area (Å²) in [4.78, 5) is 9.94. The summed E-state index contributed by atoms with van der Waals surface area (Å²) in [5, 5.41) is 0. The van der Waals surface area contributed by atoms with Crippen molar-refractivity contribution in [1.82, 2.24) is 0 Å². The van der Waals surface area contributed by atoms with Crippen LogP contribution in [0.4, 0.5) is 0 Å². The molecule has 7 nitrogen and oxygen atoms in total. The minimum absolute atomic E-state index is 0.117. The van der Waals surface area contributed by atoms with Crippen molar-refractivity contribution in [2.45, 2.75) is 12.7 Å². The van der Waals surface area contributed by atoms with Crippen molar-refractivity contribution in [3.8, 4) is 5.75 Å². The molecule has 0 spiro atoms. The average Bonchev–Trinajstić information content (AvgIpc) is 2.66. The highest BCUT2D eigenvalue weighted by atomic mass is 31.2. The fraction of sp³-hybridized carbons (Fsp3) is 0.429. The van der Waals surface area contributed by atoms with Crippen molar-refractivity contribution in [1.29, 1.82) is 0 Å². The number of phosphoric ester groups is 1. The van der Waals surface area contributed by atoms with E-state index in [-0.39, 0.29) is 19.8 Å². The maximum absolute atomic E-state index is 12.2. The molecule has 8 heteroatoms. The Hall–Kier alpha value is -1.73. The van der Waals surface area contributed by atoms with Gasteiger partial charge in [0.2, 0.25) is 0 Å². The number of hydrogen-bond donors (Lipinski definition) is 1. The van der Waals surface area contributed by atoms with Crippen molar-refractivity contribution in [3.63, 3.8) is 0 Å². The number of ether oxygens (including phenoxy) is 2. The lowest BCUT2D eigenvalue weighted by Gasteiger charge is -2.24. The highest BCUT2D eigenvalue weighted by molar-refractivity contribution is 7.47. The first-order valence-electron chi connectivity index (χ1n) is 9.49. The zero-order valence-corrected chi connectivity index (χ0v) is 18.2. The molecule has 0 radical (unpaired) electrons. The molecule has 0 bridgehead atoms. The van der Waals surface area contributed by atoms with E-state index in [1.807, 2.05) is 69.7 Å². The maximum atomic E-state index is 12.2. The molecule has 29 heavy (non-hydrogen) atoms. The molecule has 0 aliphatic heterocycles. The Labute approximate surface area is 173 Å². The van der Waals surface area contributed by atoms with Gasteiger partial charge in [-0.3, -0.25) is 9.05 Å². The van der Waals surface area contributed by atoms with Crippen LogP contribution in [-0.2, 0) is 25.0 Å². The van der Waals surface area contributed by atoms with Gasteiger partial charge in [0.05, 0.1) is 41.0 Å². The van der Waals surface area contributed by atoms with E-state index >= 15 is 0 Å². The van der Waals surface area contributed by atoms with Crippen molar-refractivity contribution in [2.75, 3.05) is 47.5 Å². The summed E-state index contributed by atoms with van der Waals surface area (Å²) < 4.78 is 34.6. The van der Waals surface area contributed by atoms with Gasteiger partial charge in [0, 0.05) is 0 Å². The van der Waals surface area contributed by atoms with Gasteiger partial charge in [-0.25, -0.2) is 4.57 Å². The Morgan fingerprint density at radius 2 is 1.55 bits per heavy atom. The van der Waals surface area contributed by atoms with Gasteiger partial charge in [-0.05, 0) is 17.7 Å². The number of phosphoric acid groups is 1. The van der Waals surface area contributed by atoms with E-state index in [2.05, 4.69) is 0 Å². The molecule has 2 atom stereocenters. The van der Waals surface area contributed by atoms with Crippen molar-refractivity contribution < 1.29 is 32.5 Å². The van der Waals surface area contributed by atoms with E-state index in [0.29, 0.717) is 23.4 Å². The van der Waals surface area contributed by atoms with Gasteiger partial charge in [0.25, 0.3) is 0 Å². The molecule has 0 aromatic heterocycles. The van der Waals surface area contributed by atoms with Crippen molar-refractivity contribution in [3.05, 3.63) is 66.2 Å². The van der Waals surface area contributed by atoms with E-state index in [1.165, 1.54) is 0 Å². The lowest BCUT2D eigenvalue weighted by Crippen LogP contribution is -2.37. The van der Waals surface area contributed by atoms with E-state index < -0.39 is 13.9 Å². The smallest absolute Gasteiger partial charge is 0.472 e. The molecule has 2 aromatic rings. The highest BCUT2D eigenvalue weighted by Crippen LogP contribution is 2.43. The third-order valence-electron chi connectivity index (χ3n) is 3.90. The molecular weight excluding hydrogens is 393 g/mol. The fourth-order valence-corrected chi connectivity index (χ4v) is 3.08. The molecule has 0 amide bonds. The molecule has 0 aliphatic rings. The molecule has 2 aromatic carbocycles. The highest BCUT2D eigenvalue weighted by Gasteiger charge is 2.25. The van der Waals surface area contributed by atoms with E-state index in [0.717, 1.165) is 5.56 Å². The lowest BCUT2D eigenvalue weighted by atomic mass is 10.2. The van der Waals surface area contributed by atoms with Crippen LogP contribution in [0, 0.1) is 0 Å². The van der Waals surface area contributed by atoms with Gasteiger partial charge in [-0.15, -0.1) is 0 Å². The Balaban J connectivity index is 1.87. The monoisotopic (exact) mass is 424 g/mol. The Bertz CT molecular complexity index is 751. The van der Waals surface area contributed by atoms with Gasteiger partial charge >= 0.3 is 7.82 Å². The molecule has 0 heterocycles. The number of para-hydroxylation sites is 1. The first-order valence-corrected chi connectivity index (χ1v) is 11.0. The molecule has 0 saturated carbocycles. The first-order chi connectivity index (χ1) is 13.7. The van der Waals surface area contributed by atoms with Gasteiger partial charge in [-0.2, -0.15) is 0 Å². The predicted octanol–water partition coefficient (Wildman–Crippen LogP) is 3.49. The summed E-state index contributed by atoms with van der Waals surface area (Å²) in [6.45, 7) is 1.17. The zero-order chi connectivity index (χ0) is 21.2. The van der Waals surface area contributed by atoms with E-state index in [1.54, 1.807) is 12.1 Å². The molecular formula is C21H31NO6P+. The second kappa shape index (κ2) is 11.5. The number of likely N-dealkylation sites (N-methyl/N-ethyl adjacent to an activating group) is 1. The van der Waals surface area contributed by atoms with Crippen LogP contribution in [0.2, 0.25) is 0 Å². The summed E-state index contributed by atoms with van der Waals surface area (Å²) in [5.41, 5.74) is 1.03. The number of benzene rings is 2.